The summed E-state index contributed by atoms with van der Waals surface area (Å²) in [5, 5.41) is 29.1. The van der Waals surface area contributed by atoms with Crippen molar-refractivity contribution in [2.75, 3.05) is 0 Å². The number of nitrogens with zero attached hydrogens (tertiary/aromatic N) is 7. The Morgan fingerprint density at radius 2 is 1.85 bits per heavy atom. The van der Waals surface area contributed by atoms with Crippen molar-refractivity contribution in [2.45, 2.75) is 26.0 Å². The number of aliphatic hydroxyl groups is 1. The molecule has 0 saturated heterocycles. The minimum absolute atomic E-state index is 0.338. The van der Waals surface area contributed by atoms with Crippen molar-refractivity contribution in [3.63, 3.8) is 0 Å². The fraction of sp³-hybridized carbons (Fsp3) is 0.222. The third-order valence-electron chi connectivity index (χ3n) is 4.22. The molecule has 9 heteroatoms. The van der Waals surface area contributed by atoms with Crippen LogP contribution in [0.4, 0.5) is 0 Å². The lowest BCUT2D eigenvalue weighted by atomic mass is 10.1. The number of aromatic nitrogens is 8. The Morgan fingerprint density at radius 1 is 1.07 bits per heavy atom. The Bertz CT molecular complexity index is 1010. The van der Waals surface area contributed by atoms with Gasteiger partial charge in [-0.05, 0) is 23.8 Å². The van der Waals surface area contributed by atoms with Crippen molar-refractivity contribution >= 4 is 0 Å². The van der Waals surface area contributed by atoms with Gasteiger partial charge in [-0.25, -0.2) is 9.67 Å². The molecule has 0 fully saturated rings. The SMILES string of the molecule is CC[C@@H](O)Cn1nc(-c2ccncc2)nc1-c1ccccc1-c1nn[nH]n1. The predicted molar refractivity (Wildman–Crippen MR) is 98.2 cm³/mol. The Hall–Kier alpha value is -3.46. The molecule has 0 spiro atoms. The van der Waals surface area contributed by atoms with Crippen LogP contribution in [-0.2, 0) is 6.54 Å². The van der Waals surface area contributed by atoms with Gasteiger partial charge in [-0.15, -0.1) is 10.2 Å². The third-order valence-corrected chi connectivity index (χ3v) is 4.22. The largest absolute Gasteiger partial charge is 0.391 e. The molecule has 0 amide bonds. The van der Waals surface area contributed by atoms with E-state index >= 15 is 0 Å². The molecule has 0 aliphatic heterocycles. The Morgan fingerprint density at radius 3 is 2.56 bits per heavy atom. The van der Waals surface area contributed by atoms with Gasteiger partial charge in [0.05, 0.1) is 12.6 Å². The highest BCUT2D eigenvalue weighted by Crippen LogP contribution is 2.30. The predicted octanol–water partition coefficient (Wildman–Crippen LogP) is 1.96. The van der Waals surface area contributed by atoms with E-state index < -0.39 is 6.10 Å². The van der Waals surface area contributed by atoms with E-state index in [1.54, 1.807) is 17.1 Å². The highest BCUT2D eigenvalue weighted by Gasteiger charge is 2.19. The van der Waals surface area contributed by atoms with E-state index in [0.717, 1.165) is 16.7 Å². The molecule has 0 aliphatic carbocycles. The van der Waals surface area contributed by atoms with E-state index in [0.29, 0.717) is 30.4 Å². The first kappa shape index (κ1) is 17.0. The summed E-state index contributed by atoms with van der Waals surface area (Å²) in [6.07, 6.45) is 3.50. The van der Waals surface area contributed by atoms with Gasteiger partial charge >= 0.3 is 0 Å². The molecule has 3 aromatic heterocycles. The van der Waals surface area contributed by atoms with Gasteiger partial charge < -0.3 is 5.11 Å². The second-order valence-corrected chi connectivity index (χ2v) is 6.02. The van der Waals surface area contributed by atoms with Crippen LogP contribution < -0.4 is 0 Å². The average Bonchev–Trinajstić information content (AvgIpc) is 3.39. The quantitative estimate of drug-likeness (QED) is 0.538. The summed E-state index contributed by atoms with van der Waals surface area (Å²) in [4.78, 5) is 8.77. The molecular formula is C18H18N8O. The highest BCUT2D eigenvalue weighted by atomic mass is 16.3. The van der Waals surface area contributed by atoms with Gasteiger partial charge in [0.1, 0.15) is 0 Å². The lowest BCUT2D eigenvalue weighted by Gasteiger charge is -2.11. The van der Waals surface area contributed by atoms with Crippen molar-refractivity contribution < 1.29 is 5.11 Å². The maximum atomic E-state index is 10.2. The van der Waals surface area contributed by atoms with Crippen molar-refractivity contribution in [1.29, 1.82) is 0 Å². The highest BCUT2D eigenvalue weighted by molar-refractivity contribution is 5.77. The minimum atomic E-state index is -0.520. The number of nitrogens with one attached hydrogen (secondary N) is 1. The minimum Gasteiger partial charge on any atom is -0.391 e. The van der Waals surface area contributed by atoms with Crippen LogP contribution in [0.5, 0.6) is 0 Å². The van der Waals surface area contributed by atoms with Gasteiger partial charge in [0.15, 0.2) is 11.6 Å². The summed E-state index contributed by atoms with van der Waals surface area (Å²) in [6.45, 7) is 2.27. The first-order valence-corrected chi connectivity index (χ1v) is 8.62. The zero-order valence-electron chi connectivity index (χ0n) is 14.7. The summed E-state index contributed by atoms with van der Waals surface area (Å²) in [5.41, 5.74) is 2.45. The molecule has 27 heavy (non-hydrogen) atoms. The number of aromatic amines is 1. The number of H-pyrrole nitrogens is 1. The van der Waals surface area contributed by atoms with Crippen LogP contribution in [0.15, 0.2) is 48.8 Å². The number of aliphatic hydroxyl groups excluding tert-OH is 1. The van der Waals surface area contributed by atoms with Gasteiger partial charge in [-0.2, -0.15) is 10.3 Å². The van der Waals surface area contributed by atoms with E-state index in [1.165, 1.54) is 0 Å². The van der Waals surface area contributed by atoms with E-state index in [-0.39, 0.29) is 0 Å². The lowest BCUT2D eigenvalue weighted by molar-refractivity contribution is 0.146. The van der Waals surface area contributed by atoms with Gasteiger partial charge in [0, 0.05) is 29.1 Å². The fourth-order valence-corrected chi connectivity index (χ4v) is 2.77. The lowest BCUT2D eigenvalue weighted by Crippen LogP contribution is -2.17. The monoisotopic (exact) mass is 362 g/mol. The van der Waals surface area contributed by atoms with Crippen LogP contribution in [-0.4, -0.2) is 51.6 Å². The van der Waals surface area contributed by atoms with Crippen LogP contribution >= 0.6 is 0 Å². The van der Waals surface area contributed by atoms with Crippen molar-refractivity contribution in [3.05, 3.63) is 48.8 Å². The molecule has 3 heterocycles. The summed E-state index contributed by atoms with van der Waals surface area (Å²) in [5.74, 6) is 1.68. The maximum absolute atomic E-state index is 10.2. The van der Waals surface area contributed by atoms with E-state index in [2.05, 4.69) is 30.7 Å². The number of benzene rings is 1. The normalized spacial score (nSPS) is 12.2. The van der Waals surface area contributed by atoms with Crippen molar-refractivity contribution in [1.82, 2.24) is 40.4 Å². The fourth-order valence-electron chi connectivity index (χ4n) is 2.77. The van der Waals surface area contributed by atoms with Crippen molar-refractivity contribution in [2.24, 2.45) is 0 Å². The molecule has 0 saturated carbocycles. The summed E-state index contributed by atoms with van der Waals surface area (Å²) < 4.78 is 1.73. The summed E-state index contributed by atoms with van der Waals surface area (Å²) in [6, 6.07) is 11.4. The van der Waals surface area contributed by atoms with Crippen LogP contribution in [0, 0.1) is 0 Å². The van der Waals surface area contributed by atoms with Gasteiger partial charge in [0.2, 0.25) is 5.82 Å². The zero-order chi connectivity index (χ0) is 18.6. The number of pyridine rings is 1. The average molecular weight is 362 g/mol. The Labute approximate surface area is 155 Å². The summed E-state index contributed by atoms with van der Waals surface area (Å²) in [7, 11) is 0. The van der Waals surface area contributed by atoms with Gasteiger partial charge in [-0.1, -0.05) is 31.2 Å². The first-order chi connectivity index (χ1) is 13.3. The van der Waals surface area contributed by atoms with Crippen LogP contribution in [0.25, 0.3) is 34.2 Å². The molecule has 0 aliphatic rings. The Balaban J connectivity index is 1.86. The molecular weight excluding hydrogens is 344 g/mol. The maximum Gasteiger partial charge on any atom is 0.205 e. The van der Waals surface area contributed by atoms with Crippen LogP contribution in [0.3, 0.4) is 0 Å². The molecule has 136 valence electrons. The third kappa shape index (κ3) is 3.44. The zero-order valence-corrected chi connectivity index (χ0v) is 14.7. The summed E-state index contributed by atoms with van der Waals surface area (Å²) >= 11 is 0. The molecule has 2 N–H and O–H groups in total. The van der Waals surface area contributed by atoms with E-state index in [1.807, 2.05) is 43.3 Å². The van der Waals surface area contributed by atoms with Gasteiger partial charge in [0.25, 0.3) is 0 Å². The van der Waals surface area contributed by atoms with Gasteiger partial charge in [-0.3, -0.25) is 4.98 Å². The molecule has 1 atom stereocenters. The van der Waals surface area contributed by atoms with E-state index in [4.69, 9.17) is 4.98 Å². The standard InChI is InChI=1S/C18H18N8O/c1-2-13(27)11-26-18(20-16(23-26)12-7-9-19-10-8-12)15-6-4-3-5-14(15)17-21-24-25-22-17/h3-10,13,27H,2,11H2,1H3,(H,21,22,24,25)/t13-/m1/s1. The second-order valence-electron chi connectivity index (χ2n) is 6.02. The smallest absolute Gasteiger partial charge is 0.205 e. The molecule has 4 rings (SSSR count). The molecule has 9 nitrogen and oxygen atoms in total. The molecule has 1 aromatic carbocycles. The topological polar surface area (TPSA) is 118 Å². The second kappa shape index (κ2) is 7.42. The molecule has 4 aromatic rings. The molecule has 0 bridgehead atoms. The molecule has 0 unspecified atom stereocenters. The number of tetrazole rings is 1. The number of hydrogen-bond acceptors (Lipinski definition) is 7. The first-order valence-electron chi connectivity index (χ1n) is 8.62. The Kier molecular flexibility index (Phi) is 4.67. The van der Waals surface area contributed by atoms with Crippen LogP contribution in [0.2, 0.25) is 0 Å². The van der Waals surface area contributed by atoms with Crippen LogP contribution in [0.1, 0.15) is 13.3 Å². The van der Waals surface area contributed by atoms with E-state index in [9.17, 15) is 5.11 Å². The number of rotatable bonds is 6. The number of hydrogen-bond donors (Lipinski definition) is 2. The van der Waals surface area contributed by atoms with Crippen molar-refractivity contribution in [3.8, 4) is 34.2 Å². The molecule has 0 radical (unpaired) electrons.